The van der Waals surface area contributed by atoms with E-state index in [9.17, 15) is 9.18 Å². The van der Waals surface area contributed by atoms with Crippen molar-refractivity contribution in [2.45, 2.75) is 47.1 Å². The Labute approximate surface area is 201 Å². The lowest BCUT2D eigenvalue weighted by Crippen LogP contribution is -2.26. The van der Waals surface area contributed by atoms with E-state index in [-0.39, 0.29) is 23.6 Å². The maximum atomic E-state index is 13.2. The number of allylic oxidation sites excluding steroid dienone is 2. The summed E-state index contributed by atoms with van der Waals surface area (Å²) in [5.74, 6) is 0.726. The number of ether oxygens (including phenoxy) is 1. The molecule has 0 saturated heterocycles. The Kier molecular flexibility index (Phi) is 8.16. The minimum atomic E-state index is -0.315. The first kappa shape index (κ1) is 25.1. The van der Waals surface area contributed by atoms with Gasteiger partial charge in [-0.3, -0.25) is 9.79 Å². The van der Waals surface area contributed by atoms with Gasteiger partial charge in [-0.05, 0) is 69.0 Å². The van der Waals surface area contributed by atoms with Crippen molar-refractivity contribution in [3.63, 3.8) is 0 Å². The summed E-state index contributed by atoms with van der Waals surface area (Å²) >= 11 is 0. The topological polar surface area (TPSA) is 54.8 Å². The molecule has 6 heteroatoms. The molecule has 0 N–H and O–H groups in total. The Morgan fingerprint density at radius 2 is 2.00 bits per heavy atom. The zero-order chi connectivity index (χ0) is 24.8. The molecule has 0 saturated carbocycles. The molecule has 0 fully saturated rings. The van der Waals surface area contributed by atoms with Crippen LogP contribution in [-0.2, 0) is 4.79 Å². The minimum absolute atomic E-state index is 0.0265. The monoisotopic (exact) mass is 461 g/mol. The number of carbonyl (C=O) groups is 1. The highest BCUT2D eigenvalue weighted by Crippen LogP contribution is 2.38. The first-order chi connectivity index (χ1) is 16.3. The highest BCUT2D eigenvalue weighted by Gasteiger charge is 2.33. The maximum Gasteiger partial charge on any atom is 0.222 e. The molecule has 2 heterocycles. The van der Waals surface area contributed by atoms with Crippen LogP contribution in [0.2, 0.25) is 0 Å². The first-order valence-corrected chi connectivity index (χ1v) is 11.5. The number of hydrogen-bond donors (Lipinski definition) is 0. The van der Waals surface area contributed by atoms with Crippen molar-refractivity contribution in [1.29, 1.82) is 0 Å². The number of aromatic nitrogens is 1. The lowest BCUT2D eigenvalue weighted by Gasteiger charge is -2.29. The van der Waals surface area contributed by atoms with Gasteiger partial charge in [0.25, 0.3) is 0 Å². The lowest BCUT2D eigenvalue weighted by molar-refractivity contribution is -0.118. The zero-order valence-electron chi connectivity index (χ0n) is 20.5. The van der Waals surface area contributed by atoms with E-state index in [4.69, 9.17) is 4.74 Å². The molecule has 1 aromatic carbocycles. The fraction of sp³-hybridized carbons (Fsp3) is 0.321. The van der Waals surface area contributed by atoms with E-state index in [2.05, 4.69) is 41.5 Å². The summed E-state index contributed by atoms with van der Waals surface area (Å²) in [4.78, 5) is 23.6. The molecule has 1 unspecified atom stereocenters. The summed E-state index contributed by atoms with van der Waals surface area (Å²) < 4.78 is 19.0. The third-order valence-corrected chi connectivity index (χ3v) is 5.83. The van der Waals surface area contributed by atoms with Gasteiger partial charge in [0.1, 0.15) is 11.6 Å². The van der Waals surface area contributed by atoms with Crippen LogP contribution in [0.15, 0.2) is 76.7 Å². The number of halogens is 1. The number of rotatable bonds is 9. The number of Topliss-reactive ketones (excluding diaryl/α,β-unsaturated/α-hetero) is 1. The number of benzene rings is 1. The summed E-state index contributed by atoms with van der Waals surface area (Å²) in [5.41, 5.74) is 4.59. The lowest BCUT2D eigenvalue weighted by atomic mass is 9.97. The molecule has 0 bridgehead atoms. The molecule has 1 aromatic heterocycles. The van der Waals surface area contributed by atoms with Crippen molar-refractivity contribution in [2.75, 3.05) is 6.54 Å². The molecule has 34 heavy (non-hydrogen) atoms. The summed E-state index contributed by atoms with van der Waals surface area (Å²) in [7, 11) is 0. The normalized spacial score (nSPS) is 16.1. The Morgan fingerprint density at radius 1 is 1.29 bits per heavy atom. The Morgan fingerprint density at radius 3 is 2.59 bits per heavy atom. The maximum absolute atomic E-state index is 13.2. The number of nitrogens with zero attached hydrogens (tertiary/aromatic N) is 3. The molecule has 2 aromatic rings. The van der Waals surface area contributed by atoms with Crippen molar-refractivity contribution in [3.8, 4) is 11.6 Å². The van der Waals surface area contributed by atoms with Crippen molar-refractivity contribution in [3.05, 3.63) is 88.7 Å². The largest absolute Gasteiger partial charge is 0.439 e. The Hall–Kier alpha value is -3.54. The van der Waals surface area contributed by atoms with Crippen LogP contribution in [-0.4, -0.2) is 28.9 Å². The van der Waals surface area contributed by atoms with Crippen molar-refractivity contribution in [2.24, 2.45) is 10.9 Å². The number of ketones is 1. The average molecular weight is 462 g/mol. The molecular formula is C28H32FN3O2. The Balaban J connectivity index is 1.91. The minimum Gasteiger partial charge on any atom is -0.439 e. The van der Waals surface area contributed by atoms with Crippen LogP contribution >= 0.6 is 0 Å². The van der Waals surface area contributed by atoms with Crippen LogP contribution in [0, 0.1) is 18.7 Å². The SMILES string of the molecule is C=N/C=C\C1=C(C(=O)C(C)C)CN(C(C)c2cnc(Oc3ccc(F)cc3)c(C)c2)/C1=C\CC. The third kappa shape index (κ3) is 5.50. The van der Waals surface area contributed by atoms with Crippen LogP contribution in [0.3, 0.4) is 0 Å². The highest BCUT2D eigenvalue weighted by molar-refractivity contribution is 6.00. The van der Waals surface area contributed by atoms with Crippen LogP contribution in [0.4, 0.5) is 4.39 Å². The van der Waals surface area contributed by atoms with Gasteiger partial charge >= 0.3 is 0 Å². The molecule has 0 aliphatic carbocycles. The number of aryl methyl sites for hydroxylation is 1. The van der Waals surface area contributed by atoms with Crippen molar-refractivity contribution < 1.29 is 13.9 Å². The van der Waals surface area contributed by atoms with E-state index in [1.807, 2.05) is 32.9 Å². The summed E-state index contributed by atoms with van der Waals surface area (Å²) in [6, 6.07) is 7.88. The van der Waals surface area contributed by atoms with Gasteiger partial charge in [0.15, 0.2) is 5.78 Å². The third-order valence-electron chi connectivity index (χ3n) is 5.83. The molecule has 1 atom stereocenters. The van der Waals surface area contributed by atoms with Crippen LogP contribution < -0.4 is 4.74 Å². The molecule has 1 aliphatic rings. The second-order valence-corrected chi connectivity index (χ2v) is 8.66. The van der Waals surface area contributed by atoms with E-state index in [1.54, 1.807) is 24.5 Å². The quantitative estimate of drug-likeness (QED) is 0.389. The number of pyridine rings is 1. The van der Waals surface area contributed by atoms with Gasteiger partial charge in [0.05, 0.1) is 6.04 Å². The van der Waals surface area contributed by atoms with Gasteiger partial charge in [0.2, 0.25) is 5.88 Å². The van der Waals surface area contributed by atoms with Crippen molar-refractivity contribution in [1.82, 2.24) is 9.88 Å². The number of aliphatic imine (C=N–C) groups is 1. The van der Waals surface area contributed by atoms with E-state index in [0.29, 0.717) is 18.2 Å². The zero-order valence-corrected chi connectivity index (χ0v) is 20.5. The summed E-state index contributed by atoms with van der Waals surface area (Å²) in [5, 5.41) is 0. The van der Waals surface area contributed by atoms with Crippen LogP contribution in [0.25, 0.3) is 0 Å². The van der Waals surface area contributed by atoms with Crippen LogP contribution in [0.5, 0.6) is 11.6 Å². The van der Waals surface area contributed by atoms with E-state index in [1.165, 1.54) is 12.1 Å². The van der Waals surface area contributed by atoms with Crippen LogP contribution in [0.1, 0.15) is 51.3 Å². The van der Waals surface area contributed by atoms with Gasteiger partial charge in [-0.1, -0.05) is 26.8 Å². The van der Waals surface area contributed by atoms with Crippen molar-refractivity contribution >= 4 is 12.5 Å². The van der Waals surface area contributed by atoms with Gasteiger partial charge in [-0.25, -0.2) is 9.37 Å². The fourth-order valence-corrected chi connectivity index (χ4v) is 4.00. The Bertz CT molecular complexity index is 1150. The second-order valence-electron chi connectivity index (χ2n) is 8.66. The summed E-state index contributed by atoms with van der Waals surface area (Å²) in [6.45, 7) is 14.0. The smallest absolute Gasteiger partial charge is 0.222 e. The standard InChI is InChI=1S/C28H32FN3O2/c1-7-8-26-24(13-14-30-6)25(27(33)18(2)3)17-32(26)20(5)21-15-19(4)28(31-16-21)34-23-11-9-22(29)10-12-23/h8-16,18,20H,6-7,17H2,1-5H3/b14-13-,26-8-. The predicted octanol–water partition coefficient (Wildman–Crippen LogP) is 6.73. The summed E-state index contributed by atoms with van der Waals surface area (Å²) in [6.07, 6.45) is 8.28. The number of carbonyl (C=O) groups excluding carboxylic acids is 1. The van der Waals surface area contributed by atoms with Gasteiger partial charge < -0.3 is 9.64 Å². The molecule has 0 spiro atoms. The number of hydrogen-bond acceptors (Lipinski definition) is 5. The first-order valence-electron chi connectivity index (χ1n) is 11.5. The molecule has 5 nitrogen and oxygen atoms in total. The van der Waals surface area contributed by atoms with Gasteiger partial charge in [-0.15, -0.1) is 0 Å². The molecular weight excluding hydrogens is 429 g/mol. The van der Waals surface area contributed by atoms with Gasteiger partial charge in [-0.2, -0.15) is 0 Å². The molecule has 178 valence electrons. The second kappa shape index (κ2) is 11.1. The highest BCUT2D eigenvalue weighted by atomic mass is 19.1. The molecule has 3 rings (SSSR count). The predicted molar refractivity (Wildman–Crippen MR) is 135 cm³/mol. The van der Waals surface area contributed by atoms with E-state index < -0.39 is 0 Å². The van der Waals surface area contributed by atoms with E-state index >= 15 is 0 Å². The fourth-order valence-electron chi connectivity index (χ4n) is 4.00. The average Bonchev–Trinajstić information content (AvgIpc) is 3.17. The molecule has 0 radical (unpaired) electrons. The molecule has 0 amide bonds. The van der Waals surface area contributed by atoms with E-state index in [0.717, 1.165) is 34.4 Å². The van der Waals surface area contributed by atoms with Gasteiger partial charge in [0, 0.05) is 47.3 Å². The molecule has 1 aliphatic heterocycles.